The van der Waals surface area contributed by atoms with Crippen LogP contribution in [0.25, 0.3) is 22.2 Å². The zero-order valence-electron chi connectivity index (χ0n) is 24.1. The molecule has 0 unspecified atom stereocenters. The van der Waals surface area contributed by atoms with Crippen molar-refractivity contribution in [2.24, 2.45) is 7.05 Å². The molecular weight excluding hydrogens is 483 g/mol. The van der Waals surface area contributed by atoms with Crippen LogP contribution in [0.5, 0.6) is 0 Å². The van der Waals surface area contributed by atoms with E-state index in [0.29, 0.717) is 22.7 Å². The van der Waals surface area contributed by atoms with Crippen molar-refractivity contribution in [3.63, 3.8) is 0 Å². The van der Waals surface area contributed by atoms with Crippen molar-refractivity contribution in [1.82, 2.24) is 24.6 Å². The molecule has 1 aliphatic carbocycles. The number of carbonyl (C=O) groups excluding carboxylic acids is 1. The lowest BCUT2D eigenvalue weighted by atomic mass is 10.0. The molecule has 1 aromatic carbocycles. The van der Waals surface area contributed by atoms with Crippen molar-refractivity contribution in [3.05, 3.63) is 35.9 Å². The maximum absolute atomic E-state index is 15.0. The number of nitrogens with one attached hydrogen (secondary N) is 1. The molecule has 0 bridgehead atoms. The van der Waals surface area contributed by atoms with Crippen LogP contribution in [0.15, 0.2) is 24.4 Å². The second kappa shape index (κ2) is 10.2. The minimum atomic E-state index is -0.556. The van der Waals surface area contributed by atoms with Gasteiger partial charge in [0, 0.05) is 47.5 Å². The van der Waals surface area contributed by atoms with E-state index in [-0.39, 0.29) is 35.5 Å². The highest BCUT2D eigenvalue weighted by molar-refractivity contribution is 5.87. The summed E-state index contributed by atoms with van der Waals surface area (Å²) >= 11 is 0. The number of aryl methyl sites for hydroxylation is 1. The average molecular weight is 525 g/mol. The molecule has 0 aliphatic heterocycles. The Morgan fingerprint density at radius 1 is 1.18 bits per heavy atom. The van der Waals surface area contributed by atoms with Gasteiger partial charge in [-0.3, -0.25) is 4.68 Å². The van der Waals surface area contributed by atoms with Crippen LogP contribution in [-0.4, -0.2) is 54.0 Å². The molecule has 8 nitrogen and oxygen atoms in total. The molecule has 1 fully saturated rings. The Morgan fingerprint density at radius 3 is 2.53 bits per heavy atom. The lowest BCUT2D eigenvalue weighted by Gasteiger charge is -2.41. The molecule has 1 amide bonds. The Bertz CT molecular complexity index is 1320. The van der Waals surface area contributed by atoms with Gasteiger partial charge in [-0.15, -0.1) is 0 Å². The summed E-state index contributed by atoms with van der Waals surface area (Å²) in [6.45, 7) is 15.9. The van der Waals surface area contributed by atoms with E-state index in [0.717, 1.165) is 30.3 Å². The van der Waals surface area contributed by atoms with E-state index >= 15 is 4.39 Å². The third-order valence-electron chi connectivity index (χ3n) is 6.85. The molecule has 206 valence electrons. The highest BCUT2D eigenvalue weighted by Crippen LogP contribution is 2.34. The first-order chi connectivity index (χ1) is 17.6. The molecule has 0 radical (unpaired) electrons. The smallest absolute Gasteiger partial charge is 0.410 e. The number of ether oxygens (including phenoxy) is 1. The van der Waals surface area contributed by atoms with Gasteiger partial charge < -0.3 is 15.0 Å². The summed E-state index contributed by atoms with van der Waals surface area (Å²) in [6.07, 6.45) is 3.89. The van der Waals surface area contributed by atoms with Gasteiger partial charge in [0.05, 0.1) is 5.69 Å². The zero-order chi connectivity index (χ0) is 28.0. The number of anilines is 1. The minimum Gasteiger partial charge on any atom is -0.444 e. The molecule has 0 saturated heterocycles. The van der Waals surface area contributed by atoms with E-state index in [2.05, 4.69) is 29.2 Å². The standard InChI is InChI=1S/C29H41FN6O2/c1-17(2)25-21-14-18(15-22(30)24(21)34-35(25)9)23-12-13-31-26(33-23)32-19-10-11-20(16-19)36(28(3,4)5)27(37)38-29(6,7)8/h12-15,17,19-20H,10-11,16H2,1-9H3,(H,31,32,33)/t19-,20-/m0/s1. The van der Waals surface area contributed by atoms with Crippen molar-refractivity contribution < 1.29 is 13.9 Å². The molecule has 2 heterocycles. The second-order valence-corrected chi connectivity index (χ2v) is 12.6. The number of rotatable bonds is 5. The Kier molecular flexibility index (Phi) is 7.43. The Morgan fingerprint density at radius 2 is 1.89 bits per heavy atom. The van der Waals surface area contributed by atoms with Gasteiger partial charge in [-0.2, -0.15) is 5.10 Å². The van der Waals surface area contributed by atoms with Gasteiger partial charge in [0.25, 0.3) is 0 Å². The van der Waals surface area contributed by atoms with Crippen LogP contribution in [0.1, 0.15) is 86.3 Å². The quantitative estimate of drug-likeness (QED) is 0.402. The van der Waals surface area contributed by atoms with Crippen LogP contribution in [0.4, 0.5) is 15.1 Å². The number of benzene rings is 1. The van der Waals surface area contributed by atoms with Gasteiger partial charge in [0.1, 0.15) is 11.1 Å². The fourth-order valence-corrected chi connectivity index (χ4v) is 5.48. The van der Waals surface area contributed by atoms with Crippen LogP contribution < -0.4 is 5.32 Å². The third-order valence-corrected chi connectivity index (χ3v) is 6.85. The van der Waals surface area contributed by atoms with Gasteiger partial charge in [-0.05, 0) is 84.9 Å². The van der Waals surface area contributed by atoms with E-state index in [1.54, 1.807) is 16.9 Å². The largest absolute Gasteiger partial charge is 0.444 e. The first kappa shape index (κ1) is 27.8. The van der Waals surface area contributed by atoms with E-state index in [1.165, 1.54) is 6.07 Å². The topological polar surface area (TPSA) is 85.2 Å². The lowest BCUT2D eigenvalue weighted by molar-refractivity contribution is -0.00671. The summed E-state index contributed by atoms with van der Waals surface area (Å²) < 4.78 is 22.5. The number of amides is 1. The fraction of sp³-hybridized carbons (Fsp3) is 0.586. The molecule has 2 aromatic heterocycles. The summed E-state index contributed by atoms with van der Waals surface area (Å²) in [5.41, 5.74) is 1.75. The molecule has 2 atom stereocenters. The highest BCUT2D eigenvalue weighted by atomic mass is 19.1. The van der Waals surface area contributed by atoms with Gasteiger partial charge in [-0.1, -0.05) is 13.8 Å². The number of carbonyl (C=O) groups is 1. The Hall–Kier alpha value is -3.23. The number of hydrogen-bond acceptors (Lipinski definition) is 6. The fourth-order valence-electron chi connectivity index (χ4n) is 5.48. The summed E-state index contributed by atoms with van der Waals surface area (Å²) in [5, 5.41) is 8.63. The number of halogens is 1. The number of aromatic nitrogens is 4. The van der Waals surface area contributed by atoms with Crippen LogP contribution in [-0.2, 0) is 11.8 Å². The molecule has 9 heteroatoms. The van der Waals surface area contributed by atoms with Gasteiger partial charge in [0.15, 0.2) is 5.82 Å². The van der Waals surface area contributed by atoms with Crippen molar-refractivity contribution in [2.45, 2.75) is 104 Å². The van der Waals surface area contributed by atoms with E-state index in [4.69, 9.17) is 9.72 Å². The second-order valence-electron chi connectivity index (χ2n) is 12.6. The number of hydrogen-bond donors (Lipinski definition) is 1. The van der Waals surface area contributed by atoms with E-state index in [9.17, 15) is 4.79 Å². The lowest BCUT2D eigenvalue weighted by Crippen LogP contribution is -2.52. The van der Waals surface area contributed by atoms with Crippen molar-refractivity contribution in [3.8, 4) is 11.3 Å². The molecule has 0 spiro atoms. The molecule has 38 heavy (non-hydrogen) atoms. The van der Waals surface area contributed by atoms with Crippen molar-refractivity contribution in [1.29, 1.82) is 0 Å². The molecule has 4 rings (SSSR count). The predicted molar refractivity (Wildman–Crippen MR) is 149 cm³/mol. The minimum absolute atomic E-state index is 0.0436. The maximum atomic E-state index is 15.0. The monoisotopic (exact) mass is 524 g/mol. The van der Waals surface area contributed by atoms with Gasteiger partial charge in [-0.25, -0.2) is 19.2 Å². The summed E-state index contributed by atoms with van der Waals surface area (Å²) in [7, 11) is 1.85. The molecule has 1 N–H and O–H groups in total. The molecule has 3 aromatic rings. The SMILES string of the molecule is CC(C)c1c2cc(-c3ccnc(N[C@H]4CC[C@H](N(C(=O)OC(C)(C)C)C(C)(C)C)C4)n3)cc(F)c2nn1C. The zero-order valence-corrected chi connectivity index (χ0v) is 24.1. The van der Waals surface area contributed by atoms with Crippen LogP contribution in [0, 0.1) is 5.82 Å². The molecule has 1 saturated carbocycles. The Labute approximate surface area is 225 Å². The van der Waals surface area contributed by atoms with E-state index < -0.39 is 5.60 Å². The van der Waals surface area contributed by atoms with Gasteiger partial charge in [0.2, 0.25) is 5.95 Å². The number of fused-ring (bicyclic) bond motifs is 1. The van der Waals surface area contributed by atoms with Crippen LogP contribution >= 0.6 is 0 Å². The summed E-state index contributed by atoms with van der Waals surface area (Å²) in [6, 6.07) is 5.38. The predicted octanol–water partition coefficient (Wildman–Crippen LogP) is 6.66. The third kappa shape index (κ3) is 5.92. The highest BCUT2D eigenvalue weighted by Gasteiger charge is 2.40. The normalized spacial score (nSPS) is 18.3. The average Bonchev–Trinajstić information content (AvgIpc) is 3.35. The molecular formula is C29H41FN6O2. The van der Waals surface area contributed by atoms with Gasteiger partial charge >= 0.3 is 6.09 Å². The van der Waals surface area contributed by atoms with Crippen molar-refractivity contribution in [2.75, 3.05) is 5.32 Å². The maximum Gasteiger partial charge on any atom is 0.410 e. The van der Waals surface area contributed by atoms with Crippen LogP contribution in [0.2, 0.25) is 0 Å². The van der Waals surface area contributed by atoms with Crippen LogP contribution in [0.3, 0.4) is 0 Å². The van der Waals surface area contributed by atoms with E-state index in [1.807, 2.05) is 59.6 Å². The first-order valence-electron chi connectivity index (χ1n) is 13.4. The first-order valence-corrected chi connectivity index (χ1v) is 13.4. The van der Waals surface area contributed by atoms with Crippen molar-refractivity contribution >= 4 is 22.9 Å². The summed E-state index contributed by atoms with van der Waals surface area (Å²) in [5.74, 6) is 0.325. The number of nitrogens with zero attached hydrogens (tertiary/aromatic N) is 5. The Balaban J connectivity index is 1.54. The summed E-state index contributed by atoms with van der Waals surface area (Å²) in [4.78, 5) is 24.1. The molecule has 1 aliphatic rings.